The first-order valence-electron chi connectivity index (χ1n) is 5.95. The summed E-state index contributed by atoms with van der Waals surface area (Å²) in [7, 11) is 2.07. The quantitative estimate of drug-likeness (QED) is 0.810. The van der Waals surface area contributed by atoms with E-state index in [1.807, 2.05) is 18.2 Å². The van der Waals surface area contributed by atoms with Gasteiger partial charge < -0.3 is 15.7 Å². The molecule has 1 fully saturated rings. The minimum Gasteiger partial charge on any atom is -0.399 e. The number of rotatable bonds is 4. The predicted octanol–water partition coefficient (Wildman–Crippen LogP) is 2.12. The van der Waals surface area contributed by atoms with Crippen LogP contribution < -0.4 is 5.73 Å². The molecule has 4 heteroatoms. The number of nitrogens with two attached hydrogens (primary N) is 1. The molecule has 1 saturated carbocycles. The third-order valence-electron chi connectivity index (χ3n) is 3.29. The third-order valence-corrected chi connectivity index (χ3v) is 3.66. The van der Waals surface area contributed by atoms with Crippen LogP contribution in [0.15, 0.2) is 18.2 Å². The van der Waals surface area contributed by atoms with Crippen molar-refractivity contribution < 1.29 is 5.11 Å². The van der Waals surface area contributed by atoms with Crippen LogP contribution in [0.4, 0.5) is 5.69 Å². The number of benzene rings is 1. The third kappa shape index (κ3) is 3.35. The Bertz CT molecular complexity index is 391. The predicted molar refractivity (Wildman–Crippen MR) is 70.9 cm³/mol. The number of aliphatic hydroxyl groups excluding tert-OH is 1. The van der Waals surface area contributed by atoms with E-state index < -0.39 is 0 Å². The van der Waals surface area contributed by atoms with Crippen LogP contribution in [0.25, 0.3) is 0 Å². The standard InChI is InChI=1S/C13H19ClN2O/c1-16(7-9-4-12(17)5-9)8-10-6-11(15)2-3-13(10)14/h2-3,6,9,12,17H,4-5,7-8,15H2,1H3. The molecule has 0 radical (unpaired) electrons. The number of halogens is 1. The van der Waals surface area contributed by atoms with Gasteiger partial charge in [0.15, 0.2) is 0 Å². The van der Waals surface area contributed by atoms with Crippen LogP contribution in [-0.2, 0) is 6.54 Å². The van der Waals surface area contributed by atoms with Crippen LogP contribution in [0.3, 0.4) is 0 Å². The number of nitrogens with zero attached hydrogens (tertiary/aromatic N) is 1. The Morgan fingerprint density at radius 1 is 1.47 bits per heavy atom. The van der Waals surface area contributed by atoms with E-state index in [-0.39, 0.29) is 6.10 Å². The fourth-order valence-electron chi connectivity index (χ4n) is 2.36. The molecule has 0 aliphatic heterocycles. The summed E-state index contributed by atoms with van der Waals surface area (Å²) >= 11 is 6.13. The molecule has 0 amide bonds. The van der Waals surface area contributed by atoms with Crippen molar-refractivity contribution in [1.82, 2.24) is 4.90 Å². The Labute approximate surface area is 107 Å². The smallest absolute Gasteiger partial charge is 0.0546 e. The lowest BCUT2D eigenvalue weighted by molar-refractivity contribution is 0.0274. The van der Waals surface area contributed by atoms with Gasteiger partial charge in [0, 0.05) is 23.8 Å². The van der Waals surface area contributed by atoms with Crippen LogP contribution in [-0.4, -0.2) is 29.7 Å². The minimum atomic E-state index is -0.0793. The number of nitrogen functional groups attached to an aromatic ring is 1. The van der Waals surface area contributed by atoms with Crippen molar-refractivity contribution >= 4 is 17.3 Å². The van der Waals surface area contributed by atoms with Gasteiger partial charge in [-0.2, -0.15) is 0 Å². The lowest BCUT2D eigenvalue weighted by Gasteiger charge is -2.34. The molecule has 1 aromatic carbocycles. The zero-order chi connectivity index (χ0) is 12.4. The molecule has 0 bridgehead atoms. The monoisotopic (exact) mass is 254 g/mol. The van der Waals surface area contributed by atoms with Crippen molar-refractivity contribution in [1.29, 1.82) is 0 Å². The summed E-state index contributed by atoms with van der Waals surface area (Å²) in [4.78, 5) is 2.23. The summed E-state index contributed by atoms with van der Waals surface area (Å²) < 4.78 is 0. The lowest BCUT2D eigenvalue weighted by Crippen LogP contribution is -2.36. The number of hydrogen-bond acceptors (Lipinski definition) is 3. The summed E-state index contributed by atoms with van der Waals surface area (Å²) in [5.74, 6) is 0.620. The van der Waals surface area contributed by atoms with Crippen molar-refractivity contribution in [3.05, 3.63) is 28.8 Å². The maximum absolute atomic E-state index is 9.25. The fourth-order valence-corrected chi connectivity index (χ4v) is 2.54. The van der Waals surface area contributed by atoms with Gasteiger partial charge >= 0.3 is 0 Å². The van der Waals surface area contributed by atoms with Gasteiger partial charge in [-0.3, -0.25) is 0 Å². The van der Waals surface area contributed by atoms with E-state index in [0.29, 0.717) is 5.92 Å². The zero-order valence-electron chi connectivity index (χ0n) is 10.1. The van der Waals surface area contributed by atoms with Crippen LogP contribution in [0.2, 0.25) is 5.02 Å². The Balaban J connectivity index is 1.89. The minimum absolute atomic E-state index is 0.0793. The summed E-state index contributed by atoms with van der Waals surface area (Å²) in [6, 6.07) is 5.58. The van der Waals surface area contributed by atoms with Gasteiger partial charge in [-0.25, -0.2) is 0 Å². The van der Waals surface area contributed by atoms with Gasteiger partial charge in [0.2, 0.25) is 0 Å². The Morgan fingerprint density at radius 3 is 2.82 bits per heavy atom. The zero-order valence-corrected chi connectivity index (χ0v) is 10.8. The maximum Gasteiger partial charge on any atom is 0.0546 e. The molecule has 1 aromatic rings. The molecule has 2 rings (SSSR count). The SMILES string of the molecule is CN(Cc1cc(N)ccc1Cl)CC1CC(O)C1. The molecule has 3 N–H and O–H groups in total. The average Bonchev–Trinajstić information content (AvgIpc) is 2.21. The normalized spacial score (nSPS) is 23.8. The van der Waals surface area contributed by atoms with Gasteiger partial charge in [-0.15, -0.1) is 0 Å². The van der Waals surface area contributed by atoms with Gasteiger partial charge in [-0.1, -0.05) is 11.6 Å². The molecule has 0 unspecified atom stereocenters. The molecule has 0 saturated heterocycles. The molecule has 0 aromatic heterocycles. The van der Waals surface area contributed by atoms with E-state index in [9.17, 15) is 5.11 Å². The van der Waals surface area contributed by atoms with Crippen molar-refractivity contribution in [3.8, 4) is 0 Å². The van der Waals surface area contributed by atoms with Gasteiger partial charge in [0.05, 0.1) is 6.10 Å². The molecular formula is C13H19ClN2O. The number of hydrogen-bond donors (Lipinski definition) is 2. The Morgan fingerprint density at radius 2 is 2.18 bits per heavy atom. The highest BCUT2D eigenvalue weighted by Crippen LogP contribution is 2.28. The van der Waals surface area contributed by atoms with E-state index in [4.69, 9.17) is 17.3 Å². The lowest BCUT2D eigenvalue weighted by atomic mass is 9.82. The van der Waals surface area contributed by atoms with Gasteiger partial charge in [-0.05, 0) is 49.6 Å². The fraction of sp³-hybridized carbons (Fsp3) is 0.538. The largest absolute Gasteiger partial charge is 0.399 e. The first kappa shape index (κ1) is 12.7. The molecule has 3 nitrogen and oxygen atoms in total. The first-order valence-corrected chi connectivity index (χ1v) is 6.33. The van der Waals surface area contributed by atoms with Crippen LogP contribution in [0.1, 0.15) is 18.4 Å². The van der Waals surface area contributed by atoms with E-state index in [1.165, 1.54) is 0 Å². The maximum atomic E-state index is 9.25. The van der Waals surface area contributed by atoms with Gasteiger partial charge in [0.25, 0.3) is 0 Å². The van der Waals surface area contributed by atoms with E-state index >= 15 is 0 Å². The summed E-state index contributed by atoms with van der Waals surface area (Å²) in [5.41, 5.74) is 7.56. The second-order valence-electron chi connectivity index (χ2n) is 5.04. The first-order chi connectivity index (χ1) is 8.04. The van der Waals surface area contributed by atoms with Crippen molar-refractivity contribution in [2.24, 2.45) is 5.92 Å². The van der Waals surface area contributed by atoms with Crippen molar-refractivity contribution in [2.75, 3.05) is 19.3 Å². The van der Waals surface area contributed by atoms with Crippen LogP contribution in [0, 0.1) is 5.92 Å². The summed E-state index contributed by atoms with van der Waals surface area (Å²) in [6.07, 6.45) is 1.77. The molecule has 94 valence electrons. The molecule has 0 heterocycles. The molecule has 0 atom stereocenters. The molecular weight excluding hydrogens is 236 g/mol. The van der Waals surface area contributed by atoms with E-state index in [0.717, 1.165) is 42.2 Å². The highest BCUT2D eigenvalue weighted by molar-refractivity contribution is 6.31. The van der Waals surface area contributed by atoms with Crippen LogP contribution in [0.5, 0.6) is 0 Å². The van der Waals surface area contributed by atoms with Gasteiger partial charge in [0.1, 0.15) is 0 Å². The molecule has 1 aliphatic carbocycles. The highest BCUT2D eigenvalue weighted by atomic mass is 35.5. The van der Waals surface area contributed by atoms with E-state index in [2.05, 4.69) is 11.9 Å². The van der Waals surface area contributed by atoms with Crippen molar-refractivity contribution in [2.45, 2.75) is 25.5 Å². The Hall–Kier alpha value is -0.770. The highest BCUT2D eigenvalue weighted by Gasteiger charge is 2.27. The van der Waals surface area contributed by atoms with Crippen LogP contribution >= 0.6 is 11.6 Å². The number of anilines is 1. The average molecular weight is 255 g/mol. The topological polar surface area (TPSA) is 49.5 Å². The molecule has 0 spiro atoms. The van der Waals surface area contributed by atoms with Crippen molar-refractivity contribution in [3.63, 3.8) is 0 Å². The summed E-state index contributed by atoms with van der Waals surface area (Å²) in [5, 5.41) is 10.0. The molecule has 1 aliphatic rings. The second kappa shape index (κ2) is 5.25. The second-order valence-corrected chi connectivity index (χ2v) is 5.45. The molecule has 17 heavy (non-hydrogen) atoms. The van der Waals surface area contributed by atoms with E-state index in [1.54, 1.807) is 0 Å². The summed E-state index contributed by atoms with van der Waals surface area (Å²) in [6.45, 7) is 1.80. The number of aliphatic hydroxyl groups is 1. The Kier molecular flexibility index (Phi) is 3.92.